The van der Waals surface area contributed by atoms with Gasteiger partial charge in [0.05, 0.1) is 12.0 Å². The van der Waals surface area contributed by atoms with E-state index in [4.69, 9.17) is 28.4 Å². The molecule has 0 aromatic carbocycles. The van der Waals surface area contributed by atoms with Crippen LogP contribution >= 0.6 is 0 Å². The van der Waals surface area contributed by atoms with Crippen LogP contribution in [0.15, 0.2) is 0 Å². The van der Waals surface area contributed by atoms with Crippen molar-refractivity contribution in [1.29, 1.82) is 0 Å². The number of esters is 1. The maximum atomic E-state index is 12.9. The lowest BCUT2D eigenvalue weighted by atomic mass is 9.90. The Morgan fingerprint density at radius 3 is 2.28 bits per heavy atom. The van der Waals surface area contributed by atoms with Crippen molar-refractivity contribution < 1.29 is 33.2 Å². The summed E-state index contributed by atoms with van der Waals surface area (Å²) in [6, 6.07) is 0. The fraction of sp³-hybridized carbons (Fsp3) is 0.955. The minimum absolute atomic E-state index is 0.232. The van der Waals surface area contributed by atoms with Crippen molar-refractivity contribution in [3.63, 3.8) is 0 Å². The molecule has 3 saturated heterocycles. The monoisotopic (exact) mass is 410 g/mol. The molecule has 5 rings (SSSR count). The lowest BCUT2D eigenvalue weighted by molar-refractivity contribution is -0.248. The molecule has 5 fully saturated rings. The molecule has 0 aromatic heterocycles. The van der Waals surface area contributed by atoms with Gasteiger partial charge in [0.15, 0.2) is 30.1 Å². The summed E-state index contributed by atoms with van der Waals surface area (Å²) in [5.41, 5.74) is -0.563. The Hall–Kier alpha value is -0.730. The Morgan fingerprint density at radius 2 is 1.62 bits per heavy atom. The van der Waals surface area contributed by atoms with Crippen LogP contribution in [-0.4, -0.2) is 54.9 Å². The van der Waals surface area contributed by atoms with Gasteiger partial charge in [-0.1, -0.05) is 6.92 Å². The van der Waals surface area contributed by atoms with E-state index in [9.17, 15) is 4.79 Å². The summed E-state index contributed by atoms with van der Waals surface area (Å²) < 4.78 is 37.4. The molecule has 0 bridgehead atoms. The minimum atomic E-state index is -0.578. The molecule has 5 atom stereocenters. The number of carbonyl (C=O) groups is 1. The third-order valence-electron chi connectivity index (χ3n) is 7.54. The zero-order valence-electron chi connectivity index (χ0n) is 17.8. The van der Waals surface area contributed by atoms with Gasteiger partial charge in [0, 0.05) is 25.7 Å². The van der Waals surface area contributed by atoms with E-state index in [2.05, 4.69) is 0 Å². The van der Waals surface area contributed by atoms with Gasteiger partial charge in [-0.3, -0.25) is 4.79 Å². The number of rotatable bonds is 4. The molecular weight excluding hydrogens is 376 g/mol. The van der Waals surface area contributed by atoms with Gasteiger partial charge in [-0.05, 0) is 46.0 Å². The molecule has 164 valence electrons. The molecule has 0 aromatic rings. The number of hydrogen-bond donors (Lipinski definition) is 0. The van der Waals surface area contributed by atoms with Gasteiger partial charge in [0.1, 0.15) is 12.2 Å². The molecule has 0 amide bonds. The summed E-state index contributed by atoms with van der Waals surface area (Å²) >= 11 is 0. The number of ether oxygens (including phenoxy) is 6. The molecule has 2 aliphatic carbocycles. The lowest BCUT2D eigenvalue weighted by Gasteiger charge is -2.32. The fourth-order valence-electron chi connectivity index (χ4n) is 5.28. The van der Waals surface area contributed by atoms with Gasteiger partial charge < -0.3 is 28.4 Å². The molecule has 5 aliphatic rings. The molecular formula is C22H34O7. The normalized spacial score (nSPS) is 40.2. The molecule has 5 unspecified atom stereocenters. The molecule has 0 N–H and O–H groups in total. The summed E-state index contributed by atoms with van der Waals surface area (Å²) in [6.45, 7) is 6.25. The van der Waals surface area contributed by atoms with E-state index in [0.29, 0.717) is 13.0 Å². The molecule has 0 radical (unpaired) electrons. The van der Waals surface area contributed by atoms with Crippen molar-refractivity contribution in [2.75, 3.05) is 6.61 Å². The predicted octanol–water partition coefficient (Wildman–Crippen LogP) is 3.43. The van der Waals surface area contributed by atoms with Gasteiger partial charge in [-0.2, -0.15) is 0 Å². The average Bonchev–Trinajstić information content (AvgIpc) is 3.50. The van der Waals surface area contributed by atoms with E-state index in [1.165, 1.54) is 0 Å². The van der Waals surface area contributed by atoms with Crippen LogP contribution in [0.4, 0.5) is 0 Å². The topological polar surface area (TPSA) is 72.5 Å². The van der Waals surface area contributed by atoms with Gasteiger partial charge in [-0.15, -0.1) is 0 Å². The first-order chi connectivity index (χ1) is 13.9. The molecule has 7 heteroatoms. The average molecular weight is 411 g/mol. The molecule has 29 heavy (non-hydrogen) atoms. The quantitative estimate of drug-likeness (QED) is 0.658. The molecule has 3 aliphatic heterocycles. The fourth-order valence-corrected chi connectivity index (χ4v) is 5.28. The van der Waals surface area contributed by atoms with Crippen molar-refractivity contribution in [3.8, 4) is 0 Å². The van der Waals surface area contributed by atoms with Crippen LogP contribution < -0.4 is 0 Å². The van der Waals surface area contributed by atoms with Crippen molar-refractivity contribution in [3.05, 3.63) is 0 Å². The van der Waals surface area contributed by atoms with E-state index in [-0.39, 0.29) is 12.1 Å². The van der Waals surface area contributed by atoms with Crippen LogP contribution in [0.3, 0.4) is 0 Å². The maximum absolute atomic E-state index is 12.9. The highest BCUT2D eigenvalue weighted by Crippen LogP contribution is 2.49. The summed E-state index contributed by atoms with van der Waals surface area (Å²) in [6.07, 6.45) is 6.41. The van der Waals surface area contributed by atoms with Crippen molar-refractivity contribution >= 4 is 5.97 Å². The first kappa shape index (κ1) is 20.2. The van der Waals surface area contributed by atoms with Gasteiger partial charge >= 0.3 is 5.97 Å². The summed E-state index contributed by atoms with van der Waals surface area (Å²) in [5.74, 6) is -1.30. The number of carbonyl (C=O) groups excluding carboxylic acids is 1. The third kappa shape index (κ3) is 3.43. The predicted molar refractivity (Wildman–Crippen MR) is 102 cm³/mol. The van der Waals surface area contributed by atoms with Crippen LogP contribution in [0, 0.1) is 5.41 Å². The van der Waals surface area contributed by atoms with Crippen LogP contribution in [0.1, 0.15) is 78.6 Å². The second-order valence-electron chi connectivity index (χ2n) is 9.98. The van der Waals surface area contributed by atoms with Crippen molar-refractivity contribution in [1.82, 2.24) is 0 Å². The Morgan fingerprint density at radius 1 is 0.966 bits per heavy atom. The SMILES string of the molecule is CCC(C)(C)C(=O)OC1C(C2COC3(CCCC3)O2)OC2OC3(CCCC3)OC21. The highest BCUT2D eigenvalue weighted by molar-refractivity contribution is 5.76. The second kappa shape index (κ2) is 7.16. The van der Waals surface area contributed by atoms with Crippen molar-refractivity contribution in [2.45, 2.75) is 121 Å². The number of hydrogen-bond acceptors (Lipinski definition) is 7. The Balaban J connectivity index is 1.35. The summed E-state index contributed by atoms with van der Waals surface area (Å²) in [5, 5.41) is 0. The molecule has 3 heterocycles. The third-order valence-corrected chi connectivity index (χ3v) is 7.54. The second-order valence-corrected chi connectivity index (χ2v) is 9.98. The van der Waals surface area contributed by atoms with E-state index in [1.54, 1.807) is 0 Å². The van der Waals surface area contributed by atoms with Crippen LogP contribution in [0.5, 0.6) is 0 Å². The van der Waals surface area contributed by atoms with E-state index in [1.807, 2.05) is 20.8 Å². The van der Waals surface area contributed by atoms with Crippen LogP contribution in [-0.2, 0) is 33.2 Å². The Kier molecular flexibility index (Phi) is 4.98. The largest absolute Gasteiger partial charge is 0.456 e. The zero-order valence-corrected chi connectivity index (χ0v) is 17.8. The molecule has 2 spiro atoms. The standard InChI is InChI=1S/C22H34O7/c1-4-20(2,3)19(23)26-16-15(14-13-24-21(27-14)9-5-6-10-21)25-18-17(16)28-22(29-18)11-7-8-12-22/h14-18H,4-13H2,1-3H3. The first-order valence-electron chi connectivity index (χ1n) is 11.4. The van der Waals surface area contributed by atoms with E-state index >= 15 is 0 Å². The minimum Gasteiger partial charge on any atom is -0.456 e. The number of fused-ring (bicyclic) bond motifs is 1. The Bertz CT molecular complexity index is 635. The van der Waals surface area contributed by atoms with Gasteiger partial charge in [-0.25, -0.2) is 0 Å². The van der Waals surface area contributed by atoms with Crippen LogP contribution in [0.25, 0.3) is 0 Å². The van der Waals surface area contributed by atoms with E-state index in [0.717, 1.165) is 51.4 Å². The summed E-state index contributed by atoms with van der Waals surface area (Å²) in [4.78, 5) is 12.9. The highest BCUT2D eigenvalue weighted by atomic mass is 16.9. The molecule has 2 saturated carbocycles. The first-order valence-corrected chi connectivity index (χ1v) is 11.4. The molecule has 7 nitrogen and oxygen atoms in total. The zero-order chi connectivity index (χ0) is 20.3. The van der Waals surface area contributed by atoms with Crippen molar-refractivity contribution in [2.24, 2.45) is 5.41 Å². The maximum Gasteiger partial charge on any atom is 0.311 e. The summed E-state index contributed by atoms with van der Waals surface area (Å²) in [7, 11) is 0. The smallest absolute Gasteiger partial charge is 0.311 e. The van der Waals surface area contributed by atoms with Gasteiger partial charge in [0.2, 0.25) is 0 Å². The van der Waals surface area contributed by atoms with Gasteiger partial charge in [0.25, 0.3) is 0 Å². The van der Waals surface area contributed by atoms with Crippen LogP contribution in [0.2, 0.25) is 0 Å². The van der Waals surface area contributed by atoms with E-state index < -0.39 is 41.6 Å². The highest BCUT2D eigenvalue weighted by Gasteiger charge is 2.63. The lowest BCUT2D eigenvalue weighted by Crippen LogP contribution is -2.47. The Labute approximate surface area is 172 Å².